The number of carbonyl (C=O) groups is 3. The quantitative estimate of drug-likeness (QED) is 0.252. The van der Waals surface area contributed by atoms with E-state index in [2.05, 4.69) is 24.1 Å². The Labute approximate surface area is 241 Å². The highest BCUT2D eigenvalue weighted by Gasteiger charge is 2.38. The number of nitrogens with one attached hydrogen (secondary N) is 1. The second-order valence-electron chi connectivity index (χ2n) is 10.6. The van der Waals surface area contributed by atoms with Crippen LogP contribution in [-0.2, 0) is 20.8 Å². The van der Waals surface area contributed by atoms with Gasteiger partial charge in [-0.25, -0.2) is 0 Å². The molecule has 1 aliphatic rings. The van der Waals surface area contributed by atoms with Crippen LogP contribution in [0, 0.1) is 0 Å². The maximum absolute atomic E-state index is 14.0. The Morgan fingerprint density at radius 2 is 1.71 bits per heavy atom. The standard InChI is InChI=1S/C34H37N3O4/c1-4-36(5-2)33(26-10-7-6-8-11-26)34(40)37-19-9-12-29(37)30(39)21-24-13-18-31-27(20-24)22-32(41-31)25-14-16-28(17-15-25)35-23(3)38/h6-8,10-11,13-18,20,22,29,33H,4-5,9,12,19,21H2,1-3H3,(H,35,38)/t29-,33+/m0/s1. The van der Waals surface area contributed by atoms with Crippen LogP contribution in [0.3, 0.4) is 0 Å². The van der Waals surface area contributed by atoms with Gasteiger partial charge in [-0.15, -0.1) is 0 Å². The molecule has 0 aliphatic carbocycles. The van der Waals surface area contributed by atoms with Crippen molar-refractivity contribution in [3.63, 3.8) is 0 Å². The Morgan fingerprint density at radius 1 is 0.976 bits per heavy atom. The van der Waals surface area contributed by atoms with Crippen molar-refractivity contribution in [1.82, 2.24) is 9.80 Å². The molecular weight excluding hydrogens is 514 g/mol. The molecule has 0 bridgehead atoms. The van der Waals surface area contributed by atoms with Crippen LogP contribution < -0.4 is 5.32 Å². The highest BCUT2D eigenvalue weighted by molar-refractivity contribution is 5.94. The minimum Gasteiger partial charge on any atom is -0.456 e. The Morgan fingerprint density at radius 3 is 2.39 bits per heavy atom. The maximum Gasteiger partial charge on any atom is 0.245 e. The molecule has 1 saturated heterocycles. The Balaban J connectivity index is 1.32. The highest BCUT2D eigenvalue weighted by Crippen LogP contribution is 2.31. The fraction of sp³-hybridized carbons (Fsp3) is 0.324. The minimum atomic E-state index is -0.415. The average molecular weight is 552 g/mol. The van der Waals surface area contributed by atoms with E-state index in [-0.39, 0.29) is 24.0 Å². The summed E-state index contributed by atoms with van der Waals surface area (Å²) in [6, 6.07) is 24.3. The fourth-order valence-corrected chi connectivity index (χ4v) is 5.84. The van der Waals surface area contributed by atoms with E-state index in [1.807, 2.05) is 83.8 Å². The van der Waals surface area contributed by atoms with Gasteiger partial charge in [-0.1, -0.05) is 50.2 Å². The largest absolute Gasteiger partial charge is 0.456 e. The predicted molar refractivity (Wildman–Crippen MR) is 162 cm³/mol. The Hall–Kier alpha value is -4.23. The number of ketones is 1. The first-order valence-corrected chi connectivity index (χ1v) is 14.4. The molecule has 2 atom stereocenters. The van der Waals surface area contributed by atoms with Crippen LogP contribution in [-0.4, -0.2) is 53.1 Å². The normalized spacial score (nSPS) is 15.8. The zero-order valence-corrected chi connectivity index (χ0v) is 23.9. The van der Waals surface area contributed by atoms with Gasteiger partial charge >= 0.3 is 0 Å². The van der Waals surface area contributed by atoms with Gasteiger partial charge in [0, 0.05) is 36.5 Å². The number of rotatable bonds is 10. The molecule has 2 heterocycles. The second-order valence-corrected chi connectivity index (χ2v) is 10.6. The number of likely N-dealkylation sites (N-methyl/N-ethyl adjacent to an activating group) is 1. The third-order valence-corrected chi connectivity index (χ3v) is 7.88. The average Bonchev–Trinajstić information content (AvgIpc) is 3.64. The van der Waals surface area contributed by atoms with E-state index in [0.29, 0.717) is 18.7 Å². The topological polar surface area (TPSA) is 82.9 Å². The minimum absolute atomic E-state index is 0.00944. The van der Waals surface area contributed by atoms with Gasteiger partial charge in [-0.2, -0.15) is 0 Å². The summed E-state index contributed by atoms with van der Waals surface area (Å²) in [4.78, 5) is 42.8. The molecule has 0 radical (unpaired) electrons. The number of hydrogen-bond donors (Lipinski definition) is 1. The van der Waals surface area contributed by atoms with Crippen LogP contribution in [0.5, 0.6) is 0 Å². The number of anilines is 1. The predicted octanol–water partition coefficient (Wildman–Crippen LogP) is 6.24. The lowest BCUT2D eigenvalue weighted by atomic mass is 9.99. The molecule has 4 aromatic rings. The number of nitrogens with zero attached hydrogens (tertiary/aromatic N) is 2. The van der Waals surface area contributed by atoms with Gasteiger partial charge in [0.1, 0.15) is 17.4 Å². The van der Waals surface area contributed by atoms with Crippen molar-refractivity contribution in [3.05, 3.63) is 90.0 Å². The van der Waals surface area contributed by atoms with E-state index in [0.717, 1.165) is 52.9 Å². The summed E-state index contributed by atoms with van der Waals surface area (Å²) < 4.78 is 6.07. The van der Waals surface area contributed by atoms with E-state index in [1.54, 1.807) is 0 Å². The van der Waals surface area contributed by atoms with Gasteiger partial charge in [-0.05, 0) is 79.5 Å². The van der Waals surface area contributed by atoms with E-state index >= 15 is 0 Å². The number of carbonyl (C=O) groups excluding carboxylic acids is 3. The summed E-state index contributed by atoms with van der Waals surface area (Å²) in [5.74, 6) is 0.677. The van der Waals surface area contributed by atoms with Crippen molar-refractivity contribution in [2.24, 2.45) is 0 Å². The summed E-state index contributed by atoms with van der Waals surface area (Å²) in [5.41, 5.74) is 4.23. The molecule has 5 rings (SSSR count). The monoisotopic (exact) mass is 551 g/mol. The zero-order chi connectivity index (χ0) is 28.9. The lowest BCUT2D eigenvalue weighted by Gasteiger charge is -2.34. The van der Waals surface area contributed by atoms with Crippen LogP contribution in [0.4, 0.5) is 5.69 Å². The highest BCUT2D eigenvalue weighted by atomic mass is 16.3. The zero-order valence-electron chi connectivity index (χ0n) is 23.9. The van der Waals surface area contributed by atoms with Crippen LogP contribution in [0.1, 0.15) is 50.8 Å². The van der Waals surface area contributed by atoms with Crippen LogP contribution in [0.2, 0.25) is 0 Å². The molecule has 1 aliphatic heterocycles. The molecule has 1 fully saturated rings. The maximum atomic E-state index is 14.0. The van der Waals surface area contributed by atoms with Crippen LogP contribution in [0.15, 0.2) is 83.3 Å². The molecule has 212 valence electrons. The molecular formula is C34H37N3O4. The molecule has 41 heavy (non-hydrogen) atoms. The summed E-state index contributed by atoms with van der Waals surface area (Å²) in [6.07, 6.45) is 1.78. The van der Waals surface area contributed by atoms with Crippen LogP contribution in [0.25, 0.3) is 22.3 Å². The Kier molecular flexibility index (Phi) is 8.64. The molecule has 7 nitrogen and oxygen atoms in total. The van der Waals surface area contributed by atoms with Gasteiger partial charge in [0.15, 0.2) is 5.78 Å². The van der Waals surface area contributed by atoms with Crippen molar-refractivity contribution >= 4 is 34.3 Å². The first-order valence-electron chi connectivity index (χ1n) is 14.4. The number of likely N-dealkylation sites (tertiary alicyclic amines) is 1. The lowest BCUT2D eigenvalue weighted by Crippen LogP contribution is -2.47. The van der Waals surface area contributed by atoms with Gasteiger partial charge in [-0.3, -0.25) is 19.3 Å². The first-order chi connectivity index (χ1) is 19.9. The first kappa shape index (κ1) is 28.3. The van der Waals surface area contributed by atoms with Crippen LogP contribution >= 0.6 is 0 Å². The number of hydrogen-bond acceptors (Lipinski definition) is 5. The summed E-state index contributed by atoms with van der Waals surface area (Å²) in [7, 11) is 0. The van der Waals surface area contributed by atoms with Gasteiger partial charge in [0.25, 0.3) is 0 Å². The number of Topliss-reactive ketones (excluding diaryl/α,β-unsaturated/α-hetero) is 1. The number of fused-ring (bicyclic) bond motifs is 1. The molecule has 7 heteroatoms. The van der Waals surface area contributed by atoms with Crippen molar-refractivity contribution < 1.29 is 18.8 Å². The SMILES string of the molecule is CCN(CC)[C@@H](C(=O)N1CCC[C@H]1C(=O)Cc1ccc2oc(-c3ccc(NC(C)=O)cc3)cc2c1)c1ccccc1. The second kappa shape index (κ2) is 12.5. The van der Waals surface area contributed by atoms with E-state index in [4.69, 9.17) is 4.42 Å². The number of amides is 2. The molecule has 2 amide bonds. The van der Waals surface area contributed by atoms with Crippen molar-refractivity contribution in [1.29, 1.82) is 0 Å². The van der Waals surface area contributed by atoms with Gasteiger partial charge in [0.05, 0.1) is 6.04 Å². The van der Waals surface area contributed by atoms with Crippen molar-refractivity contribution in [2.75, 3.05) is 25.0 Å². The molecule has 3 aromatic carbocycles. The molecule has 0 unspecified atom stereocenters. The third kappa shape index (κ3) is 6.25. The Bertz CT molecular complexity index is 1520. The number of furan rings is 1. The van der Waals surface area contributed by atoms with Gasteiger partial charge in [0.2, 0.25) is 11.8 Å². The fourth-order valence-electron chi connectivity index (χ4n) is 5.84. The van der Waals surface area contributed by atoms with E-state index < -0.39 is 12.1 Å². The van der Waals surface area contributed by atoms with Crippen molar-refractivity contribution in [2.45, 2.75) is 52.1 Å². The molecule has 0 saturated carbocycles. The molecule has 1 N–H and O–H groups in total. The third-order valence-electron chi connectivity index (χ3n) is 7.88. The number of benzene rings is 3. The summed E-state index contributed by atoms with van der Waals surface area (Å²) >= 11 is 0. The van der Waals surface area contributed by atoms with Gasteiger partial charge < -0.3 is 14.6 Å². The smallest absolute Gasteiger partial charge is 0.245 e. The molecule has 0 spiro atoms. The molecule has 1 aromatic heterocycles. The summed E-state index contributed by atoms with van der Waals surface area (Å²) in [6.45, 7) is 7.71. The summed E-state index contributed by atoms with van der Waals surface area (Å²) in [5, 5.41) is 3.68. The van der Waals surface area contributed by atoms with Crippen molar-refractivity contribution in [3.8, 4) is 11.3 Å². The van der Waals surface area contributed by atoms with E-state index in [9.17, 15) is 14.4 Å². The lowest BCUT2D eigenvalue weighted by molar-refractivity contribution is -0.142. The van der Waals surface area contributed by atoms with E-state index in [1.165, 1.54) is 6.92 Å².